The summed E-state index contributed by atoms with van der Waals surface area (Å²) in [7, 11) is 0. The van der Waals surface area contributed by atoms with Crippen LogP contribution < -0.4 is 0 Å². The van der Waals surface area contributed by atoms with E-state index in [9.17, 15) is 0 Å². The molecule has 0 spiro atoms. The van der Waals surface area contributed by atoms with E-state index in [0.29, 0.717) is 11.6 Å². The van der Waals surface area contributed by atoms with Crippen molar-refractivity contribution in [1.29, 1.82) is 0 Å². The van der Waals surface area contributed by atoms with Gasteiger partial charge in [0.15, 0.2) is 11.6 Å². The van der Waals surface area contributed by atoms with E-state index in [2.05, 4.69) is 134 Å². The van der Waals surface area contributed by atoms with Crippen LogP contribution in [0.15, 0.2) is 162 Å². The van der Waals surface area contributed by atoms with E-state index in [1.165, 1.54) is 36.9 Å². The minimum Gasteiger partial charge on any atom is -0.456 e. The van der Waals surface area contributed by atoms with Gasteiger partial charge in [-0.05, 0) is 53.8 Å². The minimum absolute atomic E-state index is 0.358. The first-order valence-corrected chi connectivity index (χ1v) is 18.1. The highest BCUT2D eigenvalue weighted by Gasteiger charge is 2.29. The van der Waals surface area contributed by atoms with E-state index >= 15 is 0 Å². The van der Waals surface area contributed by atoms with E-state index in [4.69, 9.17) is 19.4 Å². The molecule has 0 radical (unpaired) electrons. The van der Waals surface area contributed by atoms with Crippen molar-refractivity contribution in [3.63, 3.8) is 0 Å². The van der Waals surface area contributed by atoms with Crippen molar-refractivity contribution in [2.45, 2.75) is 18.8 Å². The zero-order chi connectivity index (χ0) is 33.9. The average Bonchev–Trinajstić information content (AvgIpc) is 3.77. The summed E-state index contributed by atoms with van der Waals surface area (Å²) < 4.78 is 8.82. The average molecular weight is 674 g/mol. The van der Waals surface area contributed by atoms with Crippen molar-refractivity contribution in [1.82, 2.24) is 15.0 Å². The van der Waals surface area contributed by atoms with Crippen molar-refractivity contribution in [3.8, 4) is 45.0 Å². The number of nitrogens with zero attached hydrogens (tertiary/aromatic N) is 3. The largest absolute Gasteiger partial charge is 0.456 e. The molecule has 0 bridgehead atoms. The van der Waals surface area contributed by atoms with Gasteiger partial charge in [-0.1, -0.05) is 140 Å². The van der Waals surface area contributed by atoms with Crippen LogP contribution in [0.4, 0.5) is 0 Å². The highest BCUT2D eigenvalue weighted by Crippen LogP contribution is 2.44. The molecule has 0 saturated heterocycles. The smallest absolute Gasteiger partial charge is 0.164 e. The Hall–Kier alpha value is -6.17. The predicted molar refractivity (Wildman–Crippen MR) is 212 cm³/mol. The Balaban J connectivity index is 1.11. The number of benzene rings is 6. The molecule has 51 heavy (non-hydrogen) atoms. The monoisotopic (exact) mass is 673 g/mol. The number of furan rings is 1. The van der Waals surface area contributed by atoms with E-state index in [1.54, 1.807) is 0 Å². The molecule has 9 aromatic rings. The van der Waals surface area contributed by atoms with E-state index in [1.807, 2.05) is 41.7 Å². The van der Waals surface area contributed by atoms with Crippen LogP contribution in [-0.4, -0.2) is 15.0 Å². The van der Waals surface area contributed by atoms with Gasteiger partial charge in [0.05, 0.1) is 0 Å². The number of thiophene rings is 1. The highest BCUT2D eigenvalue weighted by atomic mass is 32.1. The van der Waals surface area contributed by atoms with Crippen molar-refractivity contribution in [2.75, 3.05) is 0 Å². The molecular formula is C46H31N3OS. The molecule has 0 amide bonds. The predicted octanol–water partition coefficient (Wildman–Crippen LogP) is 12.6. The molecule has 242 valence electrons. The van der Waals surface area contributed by atoms with Crippen LogP contribution in [0.2, 0.25) is 0 Å². The Kier molecular flexibility index (Phi) is 6.83. The summed E-state index contributed by atoms with van der Waals surface area (Å²) in [5, 5.41) is 4.66. The molecule has 1 aliphatic carbocycles. The number of fused-ring (bicyclic) bond motifs is 6. The second-order valence-corrected chi connectivity index (χ2v) is 14.5. The Morgan fingerprint density at radius 1 is 0.549 bits per heavy atom. The van der Waals surface area contributed by atoms with E-state index in [-0.39, 0.29) is 5.41 Å². The minimum atomic E-state index is -0.358. The maximum absolute atomic E-state index is 6.24. The molecule has 3 heterocycles. The Morgan fingerprint density at radius 3 is 2.10 bits per heavy atom. The lowest BCUT2D eigenvalue weighted by Gasteiger charge is -2.25. The van der Waals surface area contributed by atoms with Crippen molar-refractivity contribution in [3.05, 3.63) is 164 Å². The third-order valence-electron chi connectivity index (χ3n) is 10.1. The number of hydrogen-bond acceptors (Lipinski definition) is 5. The van der Waals surface area contributed by atoms with Gasteiger partial charge >= 0.3 is 0 Å². The topological polar surface area (TPSA) is 51.8 Å². The molecular weight excluding hydrogens is 643 g/mol. The third kappa shape index (κ3) is 4.92. The first-order chi connectivity index (χ1) is 25.1. The zero-order valence-electron chi connectivity index (χ0n) is 27.9. The van der Waals surface area contributed by atoms with Crippen LogP contribution in [0.25, 0.3) is 87.1 Å². The van der Waals surface area contributed by atoms with Gasteiger partial charge in [-0.15, -0.1) is 11.3 Å². The summed E-state index contributed by atoms with van der Waals surface area (Å²) in [6.45, 7) is 2.20. The standard InChI is InChI=1S/C46H31N3OS/c1-46(27-8-3-9-28-46)45-48-43(47-44(49-45)36-19-11-21-38-40(36)34-15-6-7-20-37(34)50-38)31-25-23-30(24-26-31)33-17-10-18-35-41-32(29-13-4-2-5-14-29)16-12-22-39(41)51-42(33)35/h2-27H,28H2,1H3. The Labute approximate surface area is 299 Å². The molecule has 5 heteroatoms. The fourth-order valence-electron chi connectivity index (χ4n) is 7.47. The summed E-state index contributed by atoms with van der Waals surface area (Å²) in [5.41, 5.74) is 8.08. The lowest BCUT2D eigenvalue weighted by molar-refractivity contribution is 0.554. The van der Waals surface area contributed by atoms with Gasteiger partial charge in [0.2, 0.25) is 0 Å². The number of hydrogen-bond donors (Lipinski definition) is 0. The molecule has 4 nitrogen and oxygen atoms in total. The molecule has 10 rings (SSSR count). The van der Waals surface area contributed by atoms with E-state index < -0.39 is 0 Å². The Bertz CT molecular complexity index is 2850. The molecule has 0 fully saturated rings. The maximum Gasteiger partial charge on any atom is 0.164 e. The molecule has 1 aliphatic rings. The fourth-order valence-corrected chi connectivity index (χ4v) is 8.73. The van der Waals surface area contributed by atoms with Crippen LogP contribution in [-0.2, 0) is 5.41 Å². The summed E-state index contributed by atoms with van der Waals surface area (Å²) in [6.07, 6.45) is 9.36. The van der Waals surface area contributed by atoms with Crippen molar-refractivity contribution in [2.24, 2.45) is 0 Å². The van der Waals surface area contributed by atoms with E-state index in [0.717, 1.165) is 50.9 Å². The van der Waals surface area contributed by atoms with Gasteiger partial charge in [0.1, 0.15) is 17.0 Å². The number of para-hydroxylation sites is 1. The quantitative estimate of drug-likeness (QED) is 0.182. The third-order valence-corrected chi connectivity index (χ3v) is 11.3. The highest BCUT2D eigenvalue weighted by molar-refractivity contribution is 7.26. The summed E-state index contributed by atoms with van der Waals surface area (Å²) in [6, 6.07) is 46.9. The SMILES string of the molecule is CC1(c2nc(-c3ccc(-c4cccc5c4sc4cccc(-c6ccccc6)c45)cc3)nc(-c3cccc4oc5ccccc5c34)n2)C=CC=CC1. The van der Waals surface area contributed by atoms with Gasteiger partial charge in [-0.25, -0.2) is 15.0 Å². The van der Waals surface area contributed by atoms with Gasteiger partial charge in [0.25, 0.3) is 0 Å². The maximum atomic E-state index is 6.24. The molecule has 6 aromatic carbocycles. The number of allylic oxidation sites excluding steroid dienone is 4. The molecule has 0 saturated carbocycles. The second-order valence-electron chi connectivity index (χ2n) is 13.4. The summed E-state index contributed by atoms with van der Waals surface area (Å²) >= 11 is 1.86. The van der Waals surface area contributed by atoms with Crippen LogP contribution >= 0.6 is 11.3 Å². The van der Waals surface area contributed by atoms with Crippen LogP contribution in [0.1, 0.15) is 19.2 Å². The van der Waals surface area contributed by atoms with Crippen molar-refractivity contribution >= 4 is 53.4 Å². The van der Waals surface area contributed by atoms with Gasteiger partial charge in [0, 0.05) is 47.5 Å². The number of rotatable bonds is 5. The molecule has 1 atom stereocenters. The van der Waals surface area contributed by atoms with Gasteiger partial charge in [-0.3, -0.25) is 0 Å². The zero-order valence-corrected chi connectivity index (χ0v) is 28.7. The normalized spacial score (nSPS) is 15.8. The van der Waals surface area contributed by atoms with Gasteiger partial charge < -0.3 is 4.42 Å². The first-order valence-electron chi connectivity index (χ1n) is 17.3. The van der Waals surface area contributed by atoms with Crippen LogP contribution in [0, 0.1) is 0 Å². The van der Waals surface area contributed by atoms with Gasteiger partial charge in [-0.2, -0.15) is 0 Å². The van der Waals surface area contributed by atoms with Crippen molar-refractivity contribution < 1.29 is 4.42 Å². The molecule has 0 N–H and O–H groups in total. The van der Waals surface area contributed by atoms with Crippen LogP contribution in [0.5, 0.6) is 0 Å². The number of aromatic nitrogens is 3. The summed E-state index contributed by atoms with van der Waals surface area (Å²) in [5.74, 6) is 2.05. The lowest BCUT2D eigenvalue weighted by Crippen LogP contribution is -2.24. The first kappa shape index (κ1) is 29.7. The second kappa shape index (κ2) is 11.7. The molecule has 0 aliphatic heterocycles. The lowest BCUT2D eigenvalue weighted by atomic mass is 9.83. The van der Waals surface area contributed by atoms with Crippen LogP contribution in [0.3, 0.4) is 0 Å². The molecule has 3 aromatic heterocycles. The Morgan fingerprint density at radius 2 is 1.24 bits per heavy atom. The summed E-state index contributed by atoms with van der Waals surface area (Å²) in [4.78, 5) is 15.5. The molecule has 1 unspecified atom stereocenters. The fraction of sp³-hybridized carbons (Fsp3) is 0.0652.